The minimum atomic E-state index is -0.634. The Hall–Kier alpha value is -4.72. The summed E-state index contributed by atoms with van der Waals surface area (Å²) in [4.78, 5) is 40.5. The van der Waals surface area contributed by atoms with Crippen molar-refractivity contribution < 1.29 is 23.6 Å². The summed E-state index contributed by atoms with van der Waals surface area (Å²) in [6, 6.07) is 13.3. The summed E-state index contributed by atoms with van der Waals surface area (Å²) in [6.07, 6.45) is 4.67. The number of pyridine rings is 2. The maximum absolute atomic E-state index is 14.0. The lowest BCUT2D eigenvalue weighted by Gasteiger charge is -2.19. The van der Waals surface area contributed by atoms with Crippen molar-refractivity contribution in [1.82, 2.24) is 35.4 Å². The van der Waals surface area contributed by atoms with Gasteiger partial charge in [-0.05, 0) is 74.1 Å². The number of carbonyl (C=O) groups excluding carboxylic acids is 2. The second-order valence-corrected chi connectivity index (χ2v) is 11.6. The Kier molecular flexibility index (Phi) is 9.33. The molecule has 0 radical (unpaired) electrons. The number of nitrogens with one attached hydrogen (secondary N) is 3. The summed E-state index contributed by atoms with van der Waals surface area (Å²) in [6.45, 7) is 5.64. The zero-order valence-electron chi connectivity index (χ0n) is 26.0. The topological polar surface area (TPSA) is 136 Å². The summed E-state index contributed by atoms with van der Waals surface area (Å²) in [5, 5.41) is 15.5. The van der Waals surface area contributed by atoms with Gasteiger partial charge < -0.3 is 15.4 Å². The number of rotatable bonds is 11. The number of urea groups is 1. The molecule has 46 heavy (non-hydrogen) atoms. The SMILES string of the molecule is COCCN1C[C@@H](NC(=O)Nc2c(C)c(-c3cnc(C(=O)NCC4CC4)c(C)c3)nn2-c2ccccc2)[C@H](c2ccnc(F)c2)O1. The van der Waals surface area contributed by atoms with Crippen LogP contribution in [0.3, 0.4) is 0 Å². The third-order valence-electron chi connectivity index (χ3n) is 8.14. The van der Waals surface area contributed by atoms with Gasteiger partial charge in [-0.2, -0.15) is 14.6 Å². The van der Waals surface area contributed by atoms with E-state index in [0.29, 0.717) is 66.1 Å². The number of amides is 3. The van der Waals surface area contributed by atoms with E-state index in [1.165, 1.54) is 12.3 Å². The molecule has 4 aromatic rings. The minimum Gasteiger partial charge on any atom is -0.383 e. The van der Waals surface area contributed by atoms with E-state index in [0.717, 1.165) is 24.1 Å². The van der Waals surface area contributed by atoms with Crippen LogP contribution in [0, 0.1) is 25.7 Å². The predicted molar refractivity (Wildman–Crippen MR) is 169 cm³/mol. The number of anilines is 1. The Bertz CT molecular complexity index is 1710. The van der Waals surface area contributed by atoms with Gasteiger partial charge in [-0.1, -0.05) is 18.2 Å². The Morgan fingerprint density at radius 2 is 1.91 bits per heavy atom. The highest BCUT2D eigenvalue weighted by atomic mass is 19.1. The van der Waals surface area contributed by atoms with Crippen LogP contribution in [0.4, 0.5) is 15.0 Å². The van der Waals surface area contributed by atoms with Crippen molar-refractivity contribution in [3.05, 3.63) is 89.3 Å². The molecule has 2 atom stereocenters. The zero-order chi connectivity index (χ0) is 32.2. The first-order valence-electron chi connectivity index (χ1n) is 15.3. The van der Waals surface area contributed by atoms with E-state index in [9.17, 15) is 14.0 Å². The molecular formula is C33H37FN8O4. The number of methoxy groups -OCH3 is 1. The van der Waals surface area contributed by atoms with Crippen LogP contribution in [0.25, 0.3) is 16.9 Å². The number of hydroxylamine groups is 2. The van der Waals surface area contributed by atoms with Crippen molar-refractivity contribution >= 4 is 17.8 Å². The first kappa shape index (κ1) is 31.3. The second kappa shape index (κ2) is 13.7. The summed E-state index contributed by atoms with van der Waals surface area (Å²) in [7, 11) is 1.60. The lowest BCUT2D eigenvalue weighted by Crippen LogP contribution is -2.42. The van der Waals surface area contributed by atoms with Gasteiger partial charge in [0.2, 0.25) is 5.95 Å². The average molecular weight is 629 g/mol. The van der Waals surface area contributed by atoms with Crippen LogP contribution < -0.4 is 16.0 Å². The third-order valence-corrected chi connectivity index (χ3v) is 8.14. The van der Waals surface area contributed by atoms with E-state index < -0.39 is 24.1 Å². The molecule has 2 fully saturated rings. The molecular weight excluding hydrogens is 591 g/mol. The zero-order valence-corrected chi connectivity index (χ0v) is 26.0. The molecule has 3 N–H and O–H groups in total. The largest absolute Gasteiger partial charge is 0.383 e. The molecule has 240 valence electrons. The van der Waals surface area contributed by atoms with Crippen molar-refractivity contribution in [2.75, 3.05) is 38.7 Å². The lowest BCUT2D eigenvalue weighted by molar-refractivity contribution is -0.154. The number of halogens is 1. The smallest absolute Gasteiger partial charge is 0.320 e. The van der Waals surface area contributed by atoms with Crippen molar-refractivity contribution in [3.63, 3.8) is 0 Å². The van der Waals surface area contributed by atoms with E-state index in [-0.39, 0.29) is 5.91 Å². The van der Waals surface area contributed by atoms with E-state index in [1.807, 2.05) is 50.2 Å². The van der Waals surface area contributed by atoms with Crippen LogP contribution in [0.1, 0.15) is 46.1 Å². The molecule has 13 heteroatoms. The maximum Gasteiger partial charge on any atom is 0.320 e. The number of para-hydroxylation sites is 1. The van der Waals surface area contributed by atoms with Gasteiger partial charge in [-0.25, -0.2) is 14.5 Å². The highest BCUT2D eigenvalue weighted by Crippen LogP contribution is 2.33. The second-order valence-electron chi connectivity index (χ2n) is 11.6. The van der Waals surface area contributed by atoms with Gasteiger partial charge in [0.25, 0.3) is 5.91 Å². The number of carbonyl (C=O) groups is 2. The summed E-state index contributed by atoms with van der Waals surface area (Å²) in [5.74, 6) is 0.207. The number of nitrogens with zero attached hydrogens (tertiary/aromatic N) is 5. The van der Waals surface area contributed by atoms with Crippen LogP contribution in [0.5, 0.6) is 0 Å². The number of aryl methyl sites for hydroxylation is 1. The van der Waals surface area contributed by atoms with Gasteiger partial charge in [0.1, 0.15) is 17.6 Å². The molecule has 4 heterocycles. The van der Waals surface area contributed by atoms with Gasteiger partial charge in [0.15, 0.2) is 0 Å². The molecule has 1 saturated carbocycles. The fraction of sp³-hybridized carbons (Fsp3) is 0.364. The number of ether oxygens (including phenoxy) is 1. The molecule has 1 aliphatic carbocycles. The van der Waals surface area contributed by atoms with E-state index >= 15 is 0 Å². The highest BCUT2D eigenvalue weighted by molar-refractivity contribution is 5.94. The van der Waals surface area contributed by atoms with E-state index in [1.54, 1.807) is 29.1 Å². The Balaban J connectivity index is 1.26. The van der Waals surface area contributed by atoms with Crippen molar-refractivity contribution in [2.24, 2.45) is 5.92 Å². The third kappa shape index (κ3) is 7.06. The van der Waals surface area contributed by atoms with Crippen LogP contribution in [0.15, 0.2) is 60.9 Å². The Morgan fingerprint density at radius 3 is 2.63 bits per heavy atom. The van der Waals surface area contributed by atoms with Crippen LogP contribution in [-0.4, -0.2) is 76.1 Å². The number of hydrogen-bond acceptors (Lipinski definition) is 8. The van der Waals surface area contributed by atoms with Gasteiger partial charge in [0, 0.05) is 50.3 Å². The minimum absolute atomic E-state index is 0.189. The molecule has 0 unspecified atom stereocenters. The van der Waals surface area contributed by atoms with Crippen molar-refractivity contribution in [2.45, 2.75) is 38.8 Å². The molecule has 1 aromatic carbocycles. The molecule has 0 bridgehead atoms. The van der Waals surface area contributed by atoms with Crippen molar-refractivity contribution in [1.29, 1.82) is 0 Å². The Labute approximate surface area is 266 Å². The first-order valence-corrected chi connectivity index (χ1v) is 15.3. The Morgan fingerprint density at radius 1 is 1.11 bits per heavy atom. The lowest BCUT2D eigenvalue weighted by atomic mass is 10.0. The number of hydrogen-bond donors (Lipinski definition) is 3. The monoisotopic (exact) mass is 628 g/mol. The van der Waals surface area contributed by atoms with Crippen LogP contribution in [0.2, 0.25) is 0 Å². The fourth-order valence-electron chi connectivity index (χ4n) is 5.51. The van der Waals surface area contributed by atoms with Crippen LogP contribution >= 0.6 is 0 Å². The number of aromatic nitrogens is 4. The van der Waals surface area contributed by atoms with Crippen molar-refractivity contribution in [3.8, 4) is 16.9 Å². The first-order chi connectivity index (χ1) is 22.3. The highest BCUT2D eigenvalue weighted by Gasteiger charge is 2.37. The van der Waals surface area contributed by atoms with E-state index in [4.69, 9.17) is 14.7 Å². The molecule has 3 aromatic heterocycles. The molecule has 3 amide bonds. The molecule has 6 rings (SSSR count). The maximum atomic E-state index is 14.0. The number of benzene rings is 1. The average Bonchev–Trinajstić information content (AvgIpc) is 3.72. The van der Waals surface area contributed by atoms with E-state index in [2.05, 4.69) is 25.9 Å². The molecule has 2 aliphatic rings. The van der Waals surface area contributed by atoms with Gasteiger partial charge in [0.05, 0.1) is 24.0 Å². The normalized spacial score (nSPS) is 18.0. The molecule has 1 aliphatic heterocycles. The predicted octanol–water partition coefficient (Wildman–Crippen LogP) is 4.35. The summed E-state index contributed by atoms with van der Waals surface area (Å²) < 4.78 is 20.9. The fourth-order valence-corrected chi connectivity index (χ4v) is 5.51. The quantitative estimate of drug-likeness (QED) is 0.209. The molecule has 12 nitrogen and oxygen atoms in total. The standard InChI is InChI=1S/C33H37FN8O4/c1-20-15-24(18-36-28(20)32(43)37-17-22-9-10-22)29-21(2)31(42(40-29)25-7-5-4-6-8-25)39-33(44)38-26-19-41(13-14-45-3)46-30(26)23-11-12-35-27(34)16-23/h4-8,11-12,15-16,18,22,26,30H,9-10,13-14,17,19H2,1-3H3,(H,37,43)(H2,38,39,44)/t26-,30+/m1/s1. The van der Waals surface area contributed by atoms with Gasteiger partial charge in [-0.3, -0.25) is 19.9 Å². The molecule has 0 spiro atoms. The van der Waals surface area contributed by atoms with Crippen LogP contribution in [-0.2, 0) is 9.57 Å². The summed E-state index contributed by atoms with van der Waals surface area (Å²) >= 11 is 0. The van der Waals surface area contributed by atoms with Gasteiger partial charge in [-0.15, -0.1) is 0 Å². The summed E-state index contributed by atoms with van der Waals surface area (Å²) in [5.41, 5.74) is 4.44. The van der Waals surface area contributed by atoms with Gasteiger partial charge >= 0.3 is 6.03 Å². The molecule has 1 saturated heterocycles.